The maximum atomic E-state index is 12.3. The highest BCUT2D eigenvalue weighted by Crippen LogP contribution is 2.23. The van der Waals surface area contributed by atoms with Gasteiger partial charge >= 0.3 is 6.09 Å². The average Bonchev–Trinajstić information content (AvgIpc) is 2.84. The van der Waals surface area contributed by atoms with Crippen molar-refractivity contribution < 1.29 is 14.3 Å². The minimum atomic E-state index is -0.591. The molecule has 24 heavy (non-hydrogen) atoms. The van der Waals surface area contributed by atoms with Crippen molar-refractivity contribution in [1.82, 2.24) is 10.3 Å². The van der Waals surface area contributed by atoms with E-state index in [2.05, 4.69) is 15.6 Å². The van der Waals surface area contributed by atoms with Gasteiger partial charge in [0.05, 0.1) is 5.69 Å². The van der Waals surface area contributed by atoms with Gasteiger partial charge in [0, 0.05) is 6.54 Å². The summed E-state index contributed by atoms with van der Waals surface area (Å²) in [6.45, 7) is 7.51. The highest BCUT2D eigenvalue weighted by molar-refractivity contribution is 7.17. The number of aryl methyl sites for hydroxylation is 1. The Morgan fingerprint density at radius 1 is 1.21 bits per heavy atom. The van der Waals surface area contributed by atoms with Crippen molar-refractivity contribution in [2.45, 2.75) is 39.8 Å². The second-order valence-electron chi connectivity index (χ2n) is 6.23. The second kappa shape index (κ2) is 7.44. The summed E-state index contributed by atoms with van der Waals surface area (Å²) in [4.78, 5) is 28.7. The lowest BCUT2D eigenvalue weighted by molar-refractivity contribution is 0.0635. The number of nitrogens with zero attached hydrogens (tertiary/aromatic N) is 1. The maximum absolute atomic E-state index is 12.3. The number of rotatable bonds is 4. The minimum Gasteiger partial charge on any atom is -0.444 e. The third-order valence-corrected chi connectivity index (χ3v) is 3.98. The average molecular weight is 347 g/mol. The normalized spacial score (nSPS) is 11.0. The van der Waals surface area contributed by atoms with Crippen LogP contribution in [0.25, 0.3) is 0 Å². The van der Waals surface area contributed by atoms with Crippen LogP contribution in [-0.2, 0) is 11.3 Å². The molecule has 2 aromatic rings. The van der Waals surface area contributed by atoms with Crippen molar-refractivity contribution in [3.05, 3.63) is 46.5 Å². The van der Waals surface area contributed by atoms with E-state index in [1.165, 1.54) is 0 Å². The van der Waals surface area contributed by atoms with E-state index in [-0.39, 0.29) is 5.91 Å². The Morgan fingerprint density at radius 3 is 2.50 bits per heavy atom. The summed E-state index contributed by atoms with van der Waals surface area (Å²) < 4.78 is 5.17. The lowest BCUT2D eigenvalue weighted by atomic mass is 10.2. The van der Waals surface area contributed by atoms with Crippen molar-refractivity contribution in [2.75, 3.05) is 5.32 Å². The van der Waals surface area contributed by atoms with Crippen molar-refractivity contribution in [2.24, 2.45) is 0 Å². The summed E-state index contributed by atoms with van der Waals surface area (Å²) in [7, 11) is 0. The van der Waals surface area contributed by atoms with E-state index in [9.17, 15) is 9.59 Å². The summed E-state index contributed by atoms with van der Waals surface area (Å²) in [6.07, 6.45) is -0.590. The van der Waals surface area contributed by atoms with E-state index in [4.69, 9.17) is 4.74 Å². The fraction of sp³-hybridized carbons (Fsp3) is 0.353. The van der Waals surface area contributed by atoms with Gasteiger partial charge in [-0.3, -0.25) is 10.1 Å². The Hall–Kier alpha value is -2.41. The number of hydrogen-bond donors (Lipinski definition) is 2. The molecule has 2 amide bonds. The molecule has 2 rings (SSSR count). The van der Waals surface area contributed by atoms with E-state index >= 15 is 0 Å². The Labute approximate surface area is 145 Å². The highest BCUT2D eigenvalue weighted by Gasteiger charge is 2.20. The molecule has 0 aliphatic rings. The number of aromatic nitrogens is 1. The van der Waals surface area contributed by atoms with E-state index < -0.39 is 11.7 Å². The molecular formula is C17H21N3O3S. The van der Waals surface area contributed by atoms with Crippen LogP contribution >= 0.6 is 11.3 Å². The van der Waals surface area contributed by atoms with E-state index in [0.29, 0.717) is 22.2 Å². The van der Waals surface area contributed by atoms with Gasteiger partial charge in [0.2, 0.25) is 0 Å². The number of carbonyl (C=O) groups excluding carboxylic acids is 2. The number of thiazole rings is 1. The van der Waals surface area contributed by atoms with Crippen molar-refractivity contribution in [1.29, 1.82) is 0 Å². The van der Waals surface area contributed by atoms with Gasteiger partial charge in [0.25, 0.3) is 5.91 Å². The van der Waals surface area contributed by atoms with E-state index in [0.717, 1.165) is 16.9 Å². The van der Waals surface area contributed by atoms with Gasteiger partial charge in [0.1, 0.15) is 10.5 Å². The van der Waals surface area contributed by atoms with E-state index in [1.54, 1.807) is 27.7 Å². The van der Waals surface area contributed by atoms with Crippen LogP contribution in [-0.4, -0.2) is 22.6 Å². The largest absolute Gasteiger partial charge is 0.444 e. The van der Waals surface area contributed by atoms with Crippen LogP contribution < -0.4 is 10.6 Å². The molecule has 7 heteroatoms. The zero-order valence-corrected chi connectivity index (χ0v) is 15.0. The Morgan fingerprint density at radius 2 is 1.88 bits per heavy atom. The molecule has 2 N–H and O–H groups in total. The molecule has 0 aliphatic heterocycles. The Balaban J connectivity index is 1.97. The molecule has 0 bridgehead atoms. The molecule has 0 spiro atoms. The van der Waals surface area contributed by atoms with Gasteiger partial charge in [0.15, 0.2) is 5.13 Å². The van der Waals surface area contributed by atoms with Crippen molar-refractivity contribution >= 4 is 28.5 Å². The molecule has 1 aromatic heterocycles. The maximum Gasteiger partial charge on any atom is 0.413 e. The van der Waals surface area contributed by atoms with Crippen molar-refractivity contribution in [3.8, 4) is 0 Å². The molecule has 0 aliphatic carbocycles. The number of carbonyl (C=O) groups is 2. The molecule has 0 saturated heterocycles. The van der Waals surface area contributed by atoms with Gasteiger partial charge in [-0.1, -0.05) is 41.7 Å². The lowest BCUT2D eigenvalue weighted by Gasteiger charge is -2.18. The molecule has 0 saturated carbocycles. The Bertz CT molecular complexity index is 720. The zero-order chi connectivity index (χ0) is 17.7. The summed E-state index contributed by atoms with van der Waals surface area (Å²) in [5.41, 5.74) is 0.989. The topological polar surface area (TPSA) is 80.3 Å². The number of anilines is 1. The van der Waals surface area contributed by atoms with Gasteiger partial charge < -0.3 is 10.1 Å². The van der Waals surface area contributed by atoms with Gasteiger partial charge in [-0.15, -0.1) is 0 Å². The number of amides is 2. The standard InChI is InChI=1S/C17H21N3O3S/c1-11-13(14(21)18-10-12-8-6-5-7-9-12)24-15(19-11)20-16(22)23-17(2,3)4/h5-9H,10H2,1-4H3,(H,18,21)(H,19,20,22). The molecule has 1 aromatic carbocycles. The van der Waals surface area contributed by atoms with Crippen LogP contribution in [0.2, 0.25) is 0 Å². The fourth-order valence-corrected chi connectivity index (χ4v) is 2.78. The van der Waals surface area contributed by atoms with Crippen molar-refractivity contribution in [3.63, 3.8) is 0 Å². The fourth-order valence-electron chi connectivity index (χ4n) is 1.91. The highest BCUT2D eigenvalue weighted by atomic mass is 32.1. The van der Waals surface area contributed by atoms with Crippen LogP contribution in [0, 0.1) is 6.92 Å². The summed E-state index contributed by atoms with van der Waals surface area (Å²) >= 11 is 1.12. The molecule has 0 radical (unpaired) electrons. The number of nitrogens with one attached hydrogen (secondary N) is 2. The molecule has 0 fully saturated rings. The number of hydrogen-bond acceptors (Lipinski definition) is 5. The monoisotopic (exact) mass is 347 g/mol. The first kappa shape index (κ1) is 17.9. The summed E-state index contributed by atoms with van der Waals surface area (Å²) in [6, 6.07) is 9.64. The molecule has 0 unspecified atom stereocenters. The van der Waals surface area contributed by atoms with Gasteiger partial charge in [-0.05, 0) is 33.3 Å². The van der Waals surface area contributed by atoms with Crippen LogP contribution in [0.3, 0.4) is 0 Å². The quantitative estimate of drug-likeness (QED) is 0.883. The van der Waals surface area contributed by atoms with Crippen LogP contribution in [0.15, 0.2) is 30.3 Å². The molecule has 128 valence electrons. The van der Waals surface area contributed by atoms with Crippen LogP contribution in [0.5, 0.6) is 0 Å². The smallest absolute Gasteiger partial charge is 0.413 e. The third kappa shape index (κ3) is 5.34. The Kier molecular flexibility index (Phi) is 5.56. The molecule has 6 nitrogen and oxygen atoms in total. The molecule has 0 atom stereocenters. The molecule has 1 heterocycles. The molecular weight excluding hydrogens is 326 g/mol. The summed E-state index contributed by atoms with van der Waals surface area (Å²) in [5.74, 6) is -0.217. The van der Waals surface area contributed by atoms with E-state index in [1.807, 2.05) is 30.3 Å². The lowest BCUT2D eigenvalue weighted by Crippen LogP contribution is -2.27. The first-order chi connectivity index (χ1) is 11.2. The van der Waals surface area contributed by atoms with Crippen LogP contribution in [0.4, 0.5) is 9.93 Å². The third-order valence-electron chi connectivity index (χ3n) is 2.91. The first-order valence-electron chi connectivity index (χ1n) is 7.54. The van der Waals surface area contributed by atoms with Gasteiger partial charge in [-0.2, -0.15) is 0 Å². The SMILES string of the molecule is Cc1nc(NC(=O)OC(C)(C)C)sc1C(=O)NCc1ccccc1. The number of ether oxygens (including phenoxy) is 1. The van der Waals surface area contributed by atoms with Crippen LogP contribution in [0.1, 0.15) is 41.7 Å². The minimum absolute atomic E-state index is 0.217. The first-order valence-corrected chi connectivity index (χ1v) is 8.36. The van der Waals surface area contributed by atoms with Gasteiger partial charge in [-0.25, -0.2) is 9.78 Å². The predicted octanol–water partition coefficient (Wildman–Crippen LogP) is 3.73. The second-order valence-corrected chi connectivity index (χ2v) is 7.23. The zero-order valence-electron chi connectivity index (χ0n) is 14.2. The summed E-state index contributed by atoms with van der Waals surface area (Å²) in [5, 5.41) is 5.74. The predicted molar refractivity (Wildman–Crippen MR) is 94.3 cm³/mol. The number of benzene rings is 1.